The molecule has 1 atom stereocenters. The summed E-state index contributed by atoms with van der Waals surface area (Å²) in [7, 11) is 0. The predicted molar refractivity (Wildman–Crippen MR) is 104 cm³/mol. The molecule has 0 fully saturated rings. The lowest BCUT2D eigenvalue weighted by Gasteiger charge is -2.26. The molecule has 3 rings (SSSR count). The van der Waals surface area contributed by atoms with Crippen molar-refractivity contribution in [3.63, 3.8) is 0 Å². The number of allylic oxidation sites excluding steroid dienone is 1. The first kappa shape index (κ1) is 20.4. The van der Waals surface area contributed by atoms with Crippen LogP contribution in [0.15, 0.2) is 53.6 Å². The van der Waals surface area contributed by atoms with Gasteiger partial charge in [0.2, 0.25) is 0 Å². The first-order chi connectivity index (χ1) is 14.0. The minimum Gasteiger partial charge on any atom is -0.480 e. The molecule has 2 aliphatic rings. The fourth-order valence-electron chi connectivity index (χ4n) is 3.58. The van der Waals surface area contributed by atoms with Gasteiger partial charge in [-0.25, -0.2) is 14.4 Å². The zero-order valence-corrected chi connectivity index (χ0v) is 16.0. The van der Waals surface area contributed by atoms with Crippen molar-refractivity contribution < 1.29 is 29.3 Å². The van der Waals surface area contributed by atoms with Gasteiger partial charge in [0.1, 0.15) is 12.6 Å². The van der Waals surface area contributed by atoms with Crippen LogP contribution in [-0.2, 0) is 16.1 Å². The van der Waals surface area contributed by atoms with Gasteiger partial charge in [0, 0.05) is 19.6 Å². The summed E-state index contributed by atoms with van der Waals surface area (Å²) in [6.07, 6.45) is 3.45. The molecule has 0 spiro atoms. The van der Waals surface area contributed by atoms with E-state index in [0.29, 0.717) is 25.9 Å². The van der Waals surface area contributed by atoms with Crippen LogP contribution in [0.4, 0.5) is 9.59 Å². The number of benzene rings is 1. The number of carboxylic acids is 1. The van der Waals surface area contributed by atoms with Gasteiger partial charge < -0.3 is 19.8 Å². The fraction of sp³-hybridized carbons (Fsp3) is 0.381. The van der Waals surface area contributed by atoms with E-state index in [2.05, 4.69) is 0 Å². The molecule has 154 valence electrons. The molecule has 1 aromatic carbocycles. The number of amides is 2. The van der Waals surface area contributed by atoms with E-state index in [4.69, 9.17) is 4.74 Å². The summed E-state index contributed by atoms with van der Waals surface area (Å²) in [5.41, 5.74) is 2.92. The maximum atomic E-state index is 12.3. The van der Waals surface area contributed by atoms with Gasteiger partial charge in [0.15, 0.2) is 0 Å². The van der Waals surface area contributed by atoms with E-state index in [1.165, 1.54) is 0 Å². The van der Waals surface area contributed by atoms with Crippen LogP contribution in [-0.4, -0.2) is 63.8 Å². The third kappa shape index (κ3) is 5.16. The van der Waals surface area contributed by atoms with Crippen molar-refractivity contribution in [3.8, 4) is 0 Å². The highest BCUT2D eigenvalue weighted by molar-refractivity contribution is 5.79. The number of rotatable bonds is 4. The molecule has 8 nitrogen and oxygen atoms in total. The van der Waals surface area contributed by atoms with Gasteiger partial charge in [-0.1, -0.05) is 42.5 Å². The van der Waals surface area contributed by atoms with Gasteiger partial charge in [-0.2, -0.15) is 0 Å². The van der Waals surface area contributed by atoms with Crippen LogP contribution < -0.4 is 0 Å². The Balaban J connectivity index is 1.58. The van der Waals surface area contributed by atoms with Gasteiger partial charge in [0.25, 0.3) is 0 Å². The van der Waals surface area contributed by atoms with Crippen LogP contribution in [0.3, 0.4) is 0 Å². The first-order valence-corrected chi connectivity index (χ1v) is 9.52. The third-order valence-corrected chi connectivity index (χ3v) is 5.21. The van der Waals surface area contributed by atoms with E-state index in [1.54, 1.807) is 11.0 Å². The number of nitrogens with zero attached hydrogens (tertiary/aromatic N) is 2. The van der Waals surface area contributed by atoms with Crippen molar-refractivity contribution in [1.82, 2.24) is 9.80 Å². The maximum Gasteiger partial charge on any atom is 0.410 e. The lowest BCUT2D eigenvalue weighted by molar-refractivity contribution is -0.142. The number of hydrogen-bond acceptors (Lipinski definition) is 4. The molecule has 1 aromatic rings. The minimum atomic E-state index is -1.24. The molecule has 0 saturated heterocycles. The molecular formula is C21H24N2O6. The van der Waals surface area contributed by atoms with E-state index in [9.17, 15) is 24.6 Å². The summed E-state index contributed by atoms with van der Waals surface area (Å²) in [4.78, 5) is 37.6. The summed E-state index contributed by atoms with van der Waals surface area (Å²) in [5, 5.41) is 18.6. The molecule has 0 radical (unpaired) electrons. The van der Waals surface area contributed by atoms with Crippen molar-refractivity contribution >= 4 is 18.2 Å². The van der Waals surface area contributed by atoms with Gasteiger partial charge in [0.05, 0.1) is 0 Å². The van der Waals surface area contributed by atoms with Crippen molar-refractivity contribution in [2.45, 2.75) is 31.9 Å². The molecule has 0 unspecified atom stereocenters. The zero-order chi connectivity index (χ0) is 20.8. The topological polar surface area (TPSA) is 107 Å². The quantitative estimate of drug-likeness (QED) is 0.804. The molecule has 29 heavy (non-hydrogen) atoms. The molecule has 2 N–H and O–H groups in total. The van der Waals surface area contributed by atoms with Crippen LogP contribution in [0.2, 0.25) is 0 Å². The minimum absolute atomic E-state index is 0.0435. The summed E-state index contributed by atoms with van der Waals surface area (Å²) >= 11 is 0. The number of aliphatic carboxylic acids is 1. The second-order valence-corrected chi connectivity index (χ2v) is 7.02. The highest BCUT2D eigenvalue weighted by Gasteiger charge is 2.31. The highest BCUT2D eigenvalue weighted by Crippen LogP contribution is 2.27. The average molecular weight is 400 g/mol. The van der Waals surface area contributed by atoms with Gasteiger partial charge in [-0.3, -0.25) is 4.90 Å². The Hall–Kier alpha value is -3.29. The molecule has 0 saturated carbocycles. The Kier molecular flexibility index (Phi) is 6.54. The van der Waals surface area contributed by atoms with E-state index >= 15 is 0 Å². The fourth-order valence-corrected chi connectivity index (χ4v) is 3.58. The summed E-state index contributed by atoms with van der Waals surface area (Å²) in [5.74, 6) is -1.13. The SMILES string of the molecule is O=C(O)[C@@H]1CCC(C2=CCN(C(=O)OCc3ccccc3)CC2)=CCN1C(=O)O. The Morgan fingerprint density at radius 1 is 1.00 bits per heavy atom. The number of ether oxygens (including phenoxy) is 1. The lowest BCUT2D eigenvalue weighted by atomic mass is 9.95. The Labute approximate surface area is 168 Å². The molecule has 0 aromatic heterocycles. The Morgan fingerprint density at radius 2 is 1.69 bits per heavy atom. The van der Waals surface area contributed by atoms with Gasteiger partial charge in [-0.15, -0.1) is 0 Å². The summed E-state index contributed by atoms with van der Waals surface area (Å²) in [6, 6.07) is 8.42. The zero-order valence-electron chi connectivity index (χ0n) is 16.0. The normalized spacial score (nSPS) is 19.7. The second kappa shape index (κ2) is 9.27. The predicted octanol–water partition coefficient (Wildman–Crippen LogP) is 3.11. The largest absolute Gasteiger partial charge is 0.480 e. The van der Waals surface area contributed by atoms with E-state index in [0.717, 1.165) is 21.6 Å². The van der Waals surface area contributed by atoms with E-state index in [-0.39, 0.29) is 25.7 Å². The van der Waals surface area contributed by atoms with Crippen molar-refractivity contribution in [2.24, 2.45) is 0 Å². The number of hydrogen-bond donors (Lipinski definition) is 2. The third-order valence-electron chi connectivity index (χ3n) is 5.21. The smallest absolute Gasteiger partial charge is 0.410 e. The molecule has 2 aliphatic heterocycles. The van der Waals surface area contributed by atoms with Crippen LogP contribution in [0.25, 0.3) is 0 Å². The van der Waals surface area contributed by atoms with Crippen LogP contribution >= 0.6 is 0 Å². The van der Waals surface area contributed by atoms with Gasteiger partial charge >= 0.3 is 18.2 Å². The van der Waals surface area contributed by atoms with Crippen molar-refractivity contribution in [1.29, 1.82) is 0 Å². The molecule has 8 heteroatoms. The molecule has 0 bridgehead atoms. The second-order valence-electron chi connectivity index (χ2n) is 7.02. The highest BCUT2D eigenvalue weighted by atomic mass is 16.6. The molecule has 2 amide bonds. The molecule has 0 aliphatic carbocycles. The molecule has 2 heterocycles. The monoisotopic (exact) mass is 400 g/mol. The van der Waals surface area contributed by atoms with Crippen molar-refractivity contribution in [2.75, 3.05) is 19.6 Å². The molecular weight excluding hydrogens is 376 g/mol. The van der Waals surface area contributed by atoms with Crippen LogP contribution in [0, 0.1) is 0 Å². The van der Waals surface area contributed by atoms with E-state index in [1.807, 2.05) is 36.4 Å². The summed E-state index contributed by atoms with van der Waals surface area (Å²) < 4.78 is 5.36. The Morgan fingerprint density at radius 3 is 2.31 bits per heavy atom. The maximum absolute atomic E-state index is 12.3. The van der Waals surface area contributed by atoms with Crippen LogP contribution in [0.1, 0.15) is 24.8 Å². The number of carbonyl (C=O) groups is 3. The van der Waals surface area contributed by atoms with Crippen molar-refractivity contribution in [3.05, 3.63) is 59.2 Å². The standard InChI is InChI=1S/C21H24N2O6/c24-19(25)18-7-6-16(10-13-23(18)20(26)27)17-8-11-22(12-9-17)21(28)29-14-15-4-2-1-3-5-15/h1-5,8,10,18H,6-7,9,11-14H2,(H,24,25)(H,26,27)/t18-/m0/s1. The Bertz CT molecular complexity index is 833. The van der Waals surface area contributed by atoms with Crippen LogP contribution in [0.5, 0.6) is 0 Å². The number of carboxylic acid groups (broad SMARTS) is 2. The van der Waals surface area contributed by atoms with E-state index < -0.39 is 18.1 Å². The summed E-state index contributed by atoms with van der Waals surface area (Å²) in [6.45, 7) is 1.18. The average Bonchev–Trinajstić information content (AvgIpc) is 2.96. The van der Waals surface area contributed by atoms with Gasteiger partial charge in [-0.05, 0) is 36.0 Å². The first-order valence-electron chi connectivity index (χ1n) is 9.52. The number of carbonyl (C=O) groups excluding carboxylic acids is 1. The lowest BCUT2D eigenvalue weighted by Crippen LogP contribution is -2.43.